The quantitative estimate of drug-likeness (QED) is 0.819. The Bertz CT molecular complexity index is 694. The van der Waals surface area contributed by atoms with Gasteiger partial charge >= 0.3 is 6.09 Å². The number of anilines is 1. The van der Waals surface area contributed by atoms with Crippen molar-refractivity contribution in [3.63, 3.8) is 0 Å². The third-order valence-corrected chi connectivity index (χ3v) is 4.25. The molecule has 2 aromatic carbocycles. The summed E-state index contributed by atoms with van der Waals surface area (Å²) in [6, 6.07) is 15.2. The van der Waals surface area contributed by atoms with E-state index in [-0.39, 0.29) is 11.2 Å². The lowest BCUT2D eigenvalue weighted by Gasteiger charge is -2.33. The van der Waals surface area contributed by atoms with Crippen LogP contribution in [-0.2, 0) is 10.2 Å². The van der Waals surface area contributed by atoms with E-state index in [4.69, 9.17) is 0 Å². The van der Waals surface area contributed by atoms with Crippen molar-refractivity contribution in [2.24, 2.45) is 5.92 Å². The van der Waals surface area contributed by atoms with Crippen LogP contribution in [-0.4, -0.2) is 18.3 Å². The molecule has 0 bridgehead atoms. The smallest absolute Gasteiger partial charge is 0.411 e. The van der Waals surface area contributed by atoms with Crippen LogP contribution >= 0.6 is 0 Å². The van der Waals surface area contributed by atoms with Crippen molar-refractivity contribution in [2.75, 3.05) is 12.4 Å². The van der Waals surface area contributed by atoms with E-state index < -0.39 is 6.09 Å². The number of carbonyl (C=O) groups is 1. The van der Waals surface area contributed by atoms with Gasteiger partial charge in [0.25, 0.3) is 0 Å². The van der Waals surface area contributed by atoms with E-state index in [1.54, 1.807) is 6.07 Å². The molecule has 0 aliphatic rings. The topological polar surface area (TPSA) is 58.6 Å². The Morgan fingerprint density at radius 2 is 1.83 bits per heavy atom. The van der Waals surface area contributed by atoms with Crippen molar-refractivity contribution in [1.82, 2.24) is 0 Å². The fourth-order valence-corrected chi connectivity index (χ4v) is 3.16. The largest absolute Gasteiger partial charge is 0.508 e. The number of phenols is 1. The lowest BCUT2D eigenvalue weighted by atomic mass is 9.71. The Labute approximate surface area is 143 Å². The molecule has 0 spiro atoms. The maximum atomic E-state index is 11.3. The molecule has 4 nitrogen and oxygen atoms in total. The van der Waals surface area contributed by atoms with Crippen molar-refractivity contribution in [3.05, 3.63) is 59.7 Å². The molecule has 24 heavy (non-hydrogen) atoms. The monoisotopic (exact) mass is 327 g/mol. The van der Waals surface area contributed by atoms with Crippen LogP contribution in [0.1, 0.15) is 38.3 Å². The molecule has 0 aliphatic heterocycles. The van der Waals surface area contributed by atoms with Gasteiger partial charge in [-0.1, -0.05) is 45.0 Å². The summed E-state index contributed by atoms with van der Waals surface area (Å²) in [5.74, 6) is 0.761. The molecule has 0 radical (unpaired) electrons. The van der Waals surface area contributed by atoms with Crippen LogP contribution in [0.3, 0.4) is 0 Å². The second-order valence-electron chi connectivity index (χ2n) is 6.67. The number of nitrogens with one attached hydrogen (secondary N) is 1. The van der Waals surface area contributed by atoms with Crippen molar-refractivity contribution in [3.8, 4) is 5.75 Å². The molecule has 0 heterocycles. The van der Waals surface area contributed by atoms with Gasteiger partial charge in [0.1, 0.15) is 5.75 Å². The highest BCUT2D eigenvalue weighted by molar-refractivity contribution is 5.84. The Morgan fingerprint density at radius 3 is 2.38 bits per heavy atom. The van der Waals surface area contributed by atoms with E-state index in [0.29, 0.717) is 11.6 Å². The van der Waals surface area contributed by atoms with Crippen molar-refractivity contribution in [2.45, 2.75) is 32.6 Å². The zero-order chi connectivity index (χ0) is 17.7. The van der Waals surface area contributed by atoms with E-state index in [0.717, 1.165) is 17.5 Å². The molecule has 2 aromatic rings. The van der Waals surface area contributed by atoms with Gasteiger partial charge in [-0.25, -0.2) is 4.79 Å². The van der Waals surface area contributed by atoms with Gasteiger partial charge in [-0.15, -0.1) is 0 Å². The molecule has 0 saturated heterocycles. The van der Waals surface area contributed by atoms with Crippen LogP contribution in [0.15, 0.2) is 48.5 Å². The first-order chi connectivity index (χ1) is 11.3. The fraction of sp³-hybridized carbons (Fsp3) is 0.350. The highest BCUT2D eigenvalue weighted by Gasteiger charge is 2.30. The van der Waals surface area contributed by atoms with Crippen molar-refractivity contribution < 1.29 is 14.6 Å². The van der Waals surface area contributed by atoms with E-state index in [9.17, 15) is 9.90 Å². The predicted molar refractivity (Wildman–Crippen MR) is 96.5 cm³/mol. The highest BCUT2D eigenvalue weighted by atomic mass is 16.5. The van der Waals surface area contributed by atoms with Crippen LogP contribution in [0.25, 0.3) is 0 Å². The average Bonchev–Trinajstić information content (AvgIpc) is 2.54. The Kier molecular flexibility index (Phi) is 5.50. The predicted octanol–water partition coefficient (Wildman–Crippen LogP) is 4.92. The lowest BCUT2D eigenvalue weighted by Crippen LogP contribution is -2.26. The summed E-state index contributed by atoms with van der Waals surface area (Å²) in [5.41, 5.74) is 2.67. The van der Waals surface area contributed by atoms with E-state index in [1.165, 1.54) is 7.11 Å². The molecule has 2 N–H and O–H groups in total. The Morgan fingerprint density at radius 1 is 1.17 bits per heavy atom. The van der Waals surface area contributed by atoms with Crippen LogP contribution in [0.2, 0.25) is 0 Å². The van der Waals surface area contributed by atoms with Gasteiger partial charge < -0.3 is 9.84 Å². The minimum absolute atomic E-state index is 0.225. The van der Waals surface area contributed by atoms with Crippen LogP contribution < -0.4 is 5.32 Å². The van der Waals surface area contributed by atoms with E-state index in [2.05, 4.69) is 30.8 Å². The molecule has 1 amide bonds. The summed E-state index contributed by atoms with van der Waals surface area (Å²) >= 11 is 0. The second-order valence-corrected chi connectivity index (χ2v) is 6.67. The third kappa shape index (κ3) is 4.07. The van der Waals surface area contributed by atoms with Gasteiger partial charge in [0.2, 0.25) is 0 Å². The minimum atomic E-state index is -0.485. The van der Waals surface area contributed by atoms with Crippen molar-refractivity contribution in [1.29, 1.82) is 0 Å². The van der Waals surface area contributed by atoms with Gasteiger partial charge in [-0.05, 0) is 47.7 Å². The number of phenolic OH excluding ortho intramolecular Hbond substituents is 1. The highest BCUT2D eigenvalue weighted by Crippen LogP contribution is 2.39. The number of aromatic hydroxyl groups is 1. The van der Waals surface area contributed by atoms with Gasteiger partial charge in [0.15, 0.2) is 0 Å². The van der Waals surface area contributed by atoms with Crippen LogP contribution in [0, 0.1) is 5.92 Å². The summed E-state index contributed by atoms with van der Waals surface area (Å²) in [7, 11) is 1.34. The number of hydrogen-bond acceptors (Lipinski definition) is 3. The molecular formula is C20H25NO3. The molecule has 2 rings (SSSR count). The summed E-state index contributed by atoms with van der Waals surface area (Å²) in [6.07, 6.45) is 0.459. The van der Waals surface area contributed by atoms with Gasteiger partial charge in [-0.3, -0.25) is 5.32 Å². The number of hydrogen-bond donors (Lipinski definition) is 2. The number of rotatable bonds is 5. The third-order valence-electron chi connectivity index (χ3n) is 4.25. The summed E-state index contributed by atoms with van der Waals surface area (Å²) in [5, 5.41) is 12.5. The normalized spacial score (nSPS) is 13.4. The molecule has 0 fully saturated rings. The van der Waals surface area contributed by atoms with Gasteiger partial charge in [0.05, 0.1) is 7.11 Å². The van der Waals surface area contributed by atoms with E-state index in [1.807, 2.05) is 42.5 Å². The number of amides is 1. The molecule has 1 atom stereocenters. The zero-order valence-electron chi connectivity index (χ0n) is 14.7. The lowest BCUT2D eigenvalue weighted by molar-refractivity contribution is 0.187. The molecule has 4 heteroatoms. The van der Waals surface area contributed by atoms with Gasteiger partial charge in [0, 0.05) is 11.1 Å². The molecule has 0 aromatic heterocycles. The van der Waals surface area contributed by atoms with Gasteiger partial charge in [-0.2, -0.15) is 0 Å². The first kappa shape index (κ1) is 17.9. The zero-order valence-corrected chi connectivity index (χ0v) is 14.7. The average molecular weight is 327 g/mol. The SMILES string of the molecule is COC(=O)Nc1ccc(C(C)(CC(C)C)c2cccc(O)c2)cc1. The summed E-state index contributed by atoms with van der Waals surface area (Å²) in [4.78, 5) is 11.3. The standard InChI is InChI=1S/C20H25NO3/c1-14(2)13-20(3,16-6-5-7-18(22)12-16)15-8-10-17(11-9-15)21-19(23)24-4/h5-12,14,22H,13H2,1-4H3,(H,21,23). The molecule has 128 valence electrons. The second kappa shape index (κ2) is 7.39. The Balaban J connectivity index is 2.39. The fourth-order valence-electron chi connectivity index (χ4n) is 3.16. The number of methoxy groups -OCH3 is 1. The first-order valence-electron chi connectivity index (χ1n) is 8.10. The minimum Gasteiger partial charge on any atom is -0.508 e. The van der Waals surface area contributed by atoms with Crippen LogP contribution in [0.4, 0.5) is 10.5 Å². The number of benzene rings is 2. The Hall–Kier alpha value is -2.49. The molecular weight excluding hydrogens is 302 g/mol. The maximum absolute atomic E-state index is 11.3. The molecule has 1 unspecified atom stereocenters. The maximum Gasteiger partial charge on any atom is 0.411 e. The molecule has 0 aliphatic carbocycles. The van der Waals surface area contributed by atoms with Crippen molar-refractivity contribution >= 4 is 11.8 Å². The number of ether oxygens (including phenoxy) is 1. The van der Waals surface area contributed by atoms with Crippen LogP contribution in [0.5, 0.6) is 5.75 Å². The summed E-state index contributed by atoms with van der Waals surface area (Å²) < 4.78 is 4.61. The number of carbonyl (C=O) groups excluding carboxylic acids is 1. The summed E-state index contributed by atoms with van der Waals surface area (Å²) in [6.45, 7) is 6.56. The van der Waals surface area contributed by atoms with E-state index >= 15 is 0 Å². The first-order valence-corrected chi connectivity index (χ1v) is 8.10. The molecule has 0 saturated carbocycles.